The molecule has 0 aromatic carbocycles. The second-order valence-corrected chi connectivity index (χ2v) is 6.74. The summed E-state index contributed by atoms with van der Waals surface area (Å²) in [4.78, 5) is 13.0. The summed E-state index contributed by atoms with van der Waals surface area (Å²) in [5.41, 5.74) is 6.06. The number of hydrogen-bond acceptors (Lipinski definition) is 3. The van der Waals surface area contributed by atoms with Gasteiger partial charge in [0.1, 0.15) is 0 Å². The molecule has 0 radical (unpaired) electrons. The molecule has 3 nitrogen and oxygen atoms in total. The quantitative estimate of drug-likeness (QED) is 0.891. The van der Waals surface area contributed by atoms with Gasteiger partial charge < -0.3 is 11.1 Å². The molecule has 2 atom stereocenters. The molecule has 100 valence electrons. The average Bonchev–Trinajstić information content (AvgIpc) is 2.75. The van der Waals surface area contributed by atoms with Gasteiger partial charge in [-0.15, -0.1) is 11.3 Å². The minimum absolute atomic E-state index is 0.123. The number of rotatable bonds is 4. The highest BCUT2D eigenvalue weighted by molar-refractivity contribution is 9.10. The monoisotopic (exact) mass is 330 g/mol. The topological polar surface area (TPSA) is 55.1 Å². The minimum atomic E-state index is 0.123. The SMILES string of the molecule is NC1CCCCC1CC(=O)NCc1sccc1Br. The van der Waals surface area contributed by atoms with Crippen LogP contribution in [0, 0.1) is 5.92 Å². The Bertz CT molecular complexity index is 407. The molecule has 1 aromatic rings. The van der Waals surface area contributed by atoms with Gasteiger partial charge in [-0.3, -0.25) is 4.79 Å². The number of carbonyl (C=O) groups is 1. The van der Waals surface area contributed by atoms with E-state index in [0.29, 0.717) is 18.9 Å². The second kappa shape index (κ2) is 6.68. The van der Waals surface area contributed by atoms with Crippen molar-refractivity contribution in [2.24, 2.45) is 11.7 Å². The van der Waals surface area contributed by atoms with Crippen molar-refractivity contribution < 1.29 is 4.79 Å². The first kappa shape index (κ1) is 14.0. The van der Waals surface area contributed by atoms with Gasteiger partial charge in [-0.1, -0.05) is 12.8 Å². The van der Waals surface area contributed by atoms with Gasteiger partial charge in [0, 0.05) is 21.8 Å². The zero-order valence-electron chi connectivity index (χ0n) is 10.3. The molecule has 0 spiro atoms. The normalized spacial score (nSPS) is 23.9. The Morgan fingerprint density at radius 1 is 1.50 bits per heavy atom. The van der Waals surface area contributed by atoms with E-state index in [1.807, 2.05) is 11.4 Å². The summed E-state index contributed by atoms with van der Waals surface area (Å²) in [6.45, 7) is 0.610. The molecule has 2 unspecified atom stereocenters. The fraction of sp³-hybridized carbons (Fsp3) is 0.615. The van der Waals surface area contributed by atoms with Crippen LogP contribution in [0.4, 0.5) is 0 Å². The summed E-state index contributed by atoms with van der Waals surface area (Å²) >= 11 is 5.12. The Morgan fingerprint density at radius 3 is 2.94 bits per heavy atom. The van der Waals surface area contributed by atoms with Gasteiger partial charge >= 0.3 is 0 Å². The summed E-state index contributed by atoms with van der Waals surface area (Å²) < 4.78 is 1.07. The Morgan fingerprint density at radius 2 is 2.28 bits per heavy atom. The summed E-state index contributed by atoms with van der Waals surface area (Å²) in [5, 5.41) is 5.00. The number of nitrogens with one attached hydrogen (secondary N) is 1. The minimum Gasteiger partial charge on any atom is -0.351 e. The number of amides is 1. The van der Waals surface area contributed by atoms with Gasteiger partial charge in [0.05, 0.1) is 6.54 Å². The van der Waals surface area contributed by atoms with Crippen molar-refractivity contribution in [3.05, 3.63) is 20.8 Å². The zero-order valence-corrected chi connectivity index (χ0v) is 12.7. The van der Waals surface area contributed by atoms with Crippen LogP contribution in [0.1, 0.15) is 37.0 Å². The third-order valence-corrected chi connectivity index (χ3v) is 5.48. The smallest absolute Gasteiger partial charge is 0.220 e. The number of halogens is 1. The third kappa shape index (κ3) is 3.80. The standard InChI is InChI=1S/C13H19BrN2OS/c14-10-5-6-18-12(10)8-16-13(17)7-9-3-1-2-4-11(9)15/h5-6,9,11H,1-4,7-8,15H2,(H,16,17). The summed E-state index contributed by atoms with van der Waals surface area (Å²) in [6.07, 6.45) is 5.15. The molecule has 0 saturated heterocycles. The van der Waals surface area contributed by atoms with Crippen LogP contribution >= 0.6 is 27.3 Å². The first-order chi connectivity index (χ1) is 8.66. The molecule has 1 fully saturated rings. The van der Waals surface area contributed by atoms with E-state index in [0.717, 1.165) is 22.2 Å². The molecule has 1 aliphatic carbocycles. The van der Waals surface area contributed by atoms with Gasteiger partial charge in [0.15, 0.2) is 0 Å². The Hall–Kier alpha value is -0.390. The van der Waals surface area contributed by atoms with Crippen LogP contribution in [-0.4, -0.2) is 11.9 Å². The van der Waals surface area contributed by atoms with Crippen molar-refractivity contribution in [3.63, 3.8) is 0 Å². The zero-order chi connectivity index (χ0) is 13.0. The number of carbonyl (C=O) groups excluding carboxylic acids is 1. The molecule has 2 rings (SSSR count). The average molecular weight is 331 g/mol. The third-order valence-electron chi connectivity index (χ3n) is 3.55. The first-order valence-electron chi connectivity index (χ1n) is 6.41. The summed E-state index contributed by atoms with van der Waals surface area (Å²) in [6, 6.07) is 2.21. The van der Waals surface area contributed by atoms with E-state index in [2.05, 4.69) is 21.2 Å². The van der Waals surface area contributed by atoms with Gasteiger partial charge in [-0.2, -0.15) is 0 Å². The lowest BCUT2D eigenvalue weighted by atomic mass is 9.83. The van der Waals surface area contributed by atoms with Crippen LogP contribution in [0.3, 0.4) is 0 Å². The molecular formula is C13H19BrN2OS. The molecule has 1 aliphatic rings. The van der Waals surface area contributed by atoms with Crippen molar-refractivity contribution in [1.29, 1.82) is 0 Å². The predicted molar refractivity (Wildman–Crippen MR) is 78.4 cm³/mol. The highest BCUT2D eigenvalue weighted by Crippen LogP contribution is 2.26. The van der Waals surface area contributed by atoms with Crippen molar-refractivity contribution in [2.45, 2.75) is 44.7 Å². The van der Waals surface area contributed by atoms with Gasteiger partial charge in [0.2, 0.25) is 5.91 Å². The van der Waals surface area contributed by atoms with E-state index >= 15 is 0 Å². The van der Waals surface area contributed by atoms with Gasteiger partial charge in [-0.05, 0) is 46.1 Å². The maximum Gasteiger partial charge on any atom is 0.220 e. The van der Waals surface area contributed by atoms with Crippen LogP contribution in [-0.2, 0) is 11.3 Å². The highest BCUT2D eigenvalue weighted by atomic mass is 79.9. The van der Waals surface area contributed by atoms with E-state index in [1.165, 1.54) is 12.8 Å². The van der Waals surface area contributed by atoms with Crippen LogP contribution in [0.2, 0.25) is 0 Å². The molecule has 3 N–H and O–H groups in total. The first-order valence-corrected chi connectivity index (χ1v) is 8.08. The van der Waals surface area contributed by atoms with E-state index in [1.54, 1.807) is 11.3 Å². The largest absolute Gasteiger partial charge is 0.351 e. The van der Waals surface area contributed by atoms with Gasteiger partial charge in [0.25, 0.3) is 0 Å². The molecule has 5 heteroatoms. The molecular weight excluding hydrogens is 312 g/mol. The molecule has 1 amide bonds. The lowest BCUT2D eigenvalue weighted by Gasteiger charge is -2.27. The lowest BCUT2D eigenvalue weighted by Crippen LogP contribution is -2.36. The van der Waals surface area contributed by atoms with Crippen LogP contribution in [0.15, 0.2) is 15.9 Å². The Labute approximate surface area is 120 Å². The molecule has 1 heterocycles. The van der Waals surface area contributed by atoms with Crippen LogP contribution in [0.5, 0.6) is 0 Å². The predicted octanol–water partition coefficient (Wildman–Crippen LogP) is 3.03. The number of hydrogen-bond donors (Lipinski definition) is 2. The molecule has 1 saturated carbocycles. The highest BCUT2D eigenvalue weighted by Gasteiger charge is 2.23. The van der Waals surface area contributed by atoms with Crippen molar-refractivity contribution in [3.8, 4) is 0 Å². The Kier molecular flexibility index (Phi) is 5.21. The van der Waals surface area contributed by atoms with E-state index < -0.39 is 0 Å². The van der Waals surface area contributed by atoms with Crippen molar-refractivity contribution >= 4 is 33.2 Å². The van der Waals surface area contributed by atoms with E-state index in [-0.39, 0.29) is 11.9 Å². The second-order valence-electron chi connectivity index (χ2n) is 4.88. The van der Waals surface area contributed by atoms with Crippen molar-refractivity contribution in [1.82, 2.24) is 5.32 Å². The Balaban J connectivity index is 1.76. The summed E-state index contributed by atoms with van der Waals surface area (Å²) in [5.74, 6) is 0.489. The molecule has 0 aliphatic heterocycles. The van der Waals surface area contributed by atoms with E-state index in [9.17, 15) is 4.79 Å². The fourth-order valence-corrected chi connectivity index (χ4v) is 3.86. The van der Waals surface area contributed by atoms with Crippen LogP contribution in [0.25, 0.3) is 0 Å². The van der Waals surface area contributed by atoms with E-state index in [4.69, 9.17) is 5.73 Å². The van der Waals surface area contributed by atoms with Crippen molar-refractivity contribution in [2.75, 3.05) is 0 Å². The molecule has 1 aromatic heterocycles. The number of nitrogens with two attached hydrogens (primary N) is 1. The summed E-state index contributed by atoms with van der Waals surface area (Å²) in [7, 11) is 0. The lowest BCUT2D eigenvalue weighted by molar-refractivity contribution is -0.122. The molecule has 18 heavy (non-hydrogen) atoms. The maximum atomic E-state index is 11.9. The fourth-order valence-electron chi connectivity index (χ4n) is 2.43. The van der Waals surface area contributed by atoms with Crippen LogP contribution < -0.4 is 11.1 Å². The number of thiophene rings is 1. The molecule has 0 bridgehead atoms. The maximum absolute atomic E-state index is 11.9. The van der Waals surface area contributed by atoms with Gasteiger partial charge in [-0.25, -0.2) is 0 Å².